The Morgan fingerprint density at radius 3 is 2.40 bits per heavy atom. The number of carbonyl (C=O) groups is 3. The second-order valence-electron chi connectivity index (χ2n) is 7.13. The van der Waals surface area contributed by atoms with E-state index in [0.29, 0.717) is 29.2 Å². The lowest BCUT2D eigenvalue weighted by Crippen LogP contribution is -2.36. The highest BCUT2D eigenvalue weighted by atomic mass is 32.1. The number of aliphatic carboxylic acids is 1. The highest BCUT2D eigenvalue weighted by molar-refractivity contribution is 7.15. The number of carbonyl (C=O) groups excluding carboxylic acids is 2. The first-order chi connectivity index (χ1) is 14.5. The van der Waals surface area contributed by atoms with Crippen molar-refractivity contribution in [3.63, 3.8) is 0 Å². The number of amides is 1. The fraction of sp³-hybridized carbons (Fsp3) is 0.409. The third kappa shape index (κ3) is 4.64. The van der Waals surface area contributed by atoms with E-state index in [1.807, 2.05) is 12.1 Å². The Morgan fingerprint density at radius 2 is 1.80 bits per heavy atom. The first-order valence-corrected chi connectivity index (χ1v) is 10.8. The number of methoxy groups -OCH3 is 1. The van der Waals surface area contributed by atoms with Gasteiger partial charge in [-0.15, -0.1) is 11.3 Å². The van der Waals surface area contributed by atoms with Gasteiger partial charge >= 0.3 is 11.9 Å². The molecule has 8 heteroatoms. The molecule has 1 fully saturated rings. The molecule has 0 aliphatic heterocycles. The summed E-state index contributed by atoms with van der Waals surface area (Å²) in [5.41, 5.74) is 1.72. The predicted molar refractivity (Wildman–Crippen MR) is 114 cm³/mol. The molecule has 1 amide bonds. The van der Waals surface area contributed by atoms with Crippen LogP contribution in [0, 0.1) is 11.8 Å². The van der Waals surface area contributed by atoms with E-state index in [1.165, 1.54) is 11.3 Å². The molecule has 1 saturated carbocycles. The number of anilines is 1. The summed E-state index contributed by atoms with van der Waals surface area (Å²) in [6, 6.07) is 7.24. The molecule has 1 aromatic carbocycles. The van der Waals surface area contributed by atoms with E-state index < -0.39 is 23.8 Å². The van der Waals surface area contributed by atoms with Crippen LogP contribution in [0.3, 0.4) is 0 Å². The molecule has 0 bridgehead atoms. The number of carboxylic acids is 1. The van der Waals surface area contributed by atoms with E-state index in [1.54, 1.807) is 31.5 Å². The lowest BCUT2D eigenvalue weighted by atomic mass is 9.79. The molecule has 160 valence electrons. The van der Waals surface area contributed by atoms with Gasteiger partial charge in [-0.1, -0.05) is 25.0 Å². The predicted octanol–water partition coefficient (Wildman–Crippen LogP) is 4.43. The molecule has 2 N–H and O–H groups in total. The zero-order chi connectivity index (χ0) is 21.7. The second-order valence-corrected chi connectivity index (χ2v) is 8.01. The molecule has 7 nitrogen and oxygen atoms in total. The number of hydrogen-bond donors (Lipinski definition) is 2. The summed E-state index contributed by atoms with van der Waals surface area (Å²) in [5.74, 6) is -2.47. The minimum atomic E-state index is -0.953. The number of rotatable bonds is 7. The molecule has 0 spiro atoms. The average molecular weight is 432 g/mol. The highest BCUT2D eigenvalue weighted by Crippen LogP contribution is 2.38. The maximum Gasteiger partial charge on any atom is 0.341 e. The summed E-state index contributed by atoms with van der Waals surface area (Å²) in [7, 11) is 1.58. The molecule has 1 aliphatic rings. The Balaban J connectivity index is 1.92. The maximum absolute atomic E-state index is 12.9. The van der Waals surface area contributed by atoms with Crippen LogP contribution in [0.1, 0.15) is 43.0 Å². The number of carboxylic acid groups (broad SMARTS) is 1. The minimum Gasteiger partial charge on any atom is -0.497 e. The monoisotopic (exact) mass is 431 g/mol. The second kappa shape index (κ2) is 9.75. The average Bonchev–Trinajstić information content (AvgIpc) is 3.17. The lowest BCUT2D eigenvalue weighted by Gasteiger charge is -2.27. The lowest BCUT2D eigenvalue weighted by molar-refractivity contribution is -0.147. The van der Waals surface area contributed by atoms with Crippen molar-refractivity contribution in [1.29, 1.82) is 0 Å². The van der Waals surface area contributed by atoms with Crippen molar-refractivity contribution in [2.75, 3.05) is 19.0 Å². The van der Waals surface area contributed by atoms with Crippen molar-refractivity contribution in [3.8, 4) is 16.9 Å². The molecular formula is C22H25NO6S. The number of nitrogens with one attached hydrogen (secondary N) is 1. The number of thiophene rings is 1. The fourth-order valence-corrected chi connectivity index (χ4v) is 4.74. The van der Waals surface area contributed by atoms with E-state index in [4.69, 9.17) is 9.47 Å². The summed E-state index contributed by atoms with van der Waals surface area (Å²) in [6.45, 7) is 1.92. The summed E-state index contributed by atoms with van der Waals surface area (Å²) < 4.78 is 10.4. The van der Waals surface area contributed by atoms with Crippen LogP contribution < -0.4 is 10.1 Å². The smallest absolute Gasteiger partial charge is 0.341 e. The summed E-state index contributed by atoms with van der Waals surface area (Å²) >= 11 is 1.23. The Kier molecular flexibility index (Phi) is 7.10. The standard InChI is InChI=1S/C22H25NO6S/c1-3-29-22(27)18-17(13-8-10-14(28-2)11-9-13)12-30-20(18)23-19(24)15-6-4-5-7-16(15)21(25)26/h8-12,15-16H,3-7H2,1-2H3,(H,23,24)(H,25,26). The first kappa shape index (κ1) is 21.8. The van der Waals surface area contributed by atoms with Gasteiger partial charge in [-0.25, -0.2) is 4.79 Å². The van der Waals surface area contributed by atoms with Crippen LogP contribution in [-0.4, -0.2) is 36.7 Å². The van der Waals surface area contributed by atoms with E-state index in [9.17, 15) is 19.5 Å². The van der Waals surface area contributed by atoms with Crippen molar-refractivity contribution < 1.29 is 29.0 Å². The Bertz CT molecular complexity index is 920. The van der Waals surface area contributed by atoms with Crippen LogP contribution in [0.2, 0.25) is 0 Å². The van der Waals surface area contributed by atoms with Gasteiger partial charge in [0.25, 0.3) is 0 Å². The van der Waals surface area contributed by atoms with Gasteiger partial charge < -0.3 is 19.9 Å². The van der Waals surface area contributed by atoms with E-state index >= 15 is 0 Å². The van der Waals surface area contributed by atoms with Gasteiger partial charge in [-0.2, -0.15) is 0 Å². The van der Waals surface area contributed by atoms with Gasteiger partial charge in [-0.05, 0) is 37.5 Å². The van der Waals surface area contributed by atoms with Crippen LogP contribution in [0.5, 0.6) is 5.75 Å². The third-order valence-electron chi connectivity index (χ3n) is 5.33. The quantitative estimate of drug-likeness (QED) is 0.629. The van der Waals surface area contributed by atoms with Crippen molar-refractivity contribution in [1.82, 2.24) is 0 Å². The zero-order valence-corrected chi connectivity index (χ0v) is 17.8. The summed E-state index contributed by atoms with van der Waals surface area (Å²) in [6.07, 6.45) is 2.62. The van der Waals surface area contributed by atoms with Gasteiger partial charge in [0.1, 0.15) is 16.3 Å². The number of esters is 1. The zero-order valence-electron chi connectivity index (χ0n) is 17.0. The topological polar surface area (TPSA) is 102 Å². The molecule has 1 aromatic heterocycles. The van der Waals surface area contributed by atoms with Crippen LogP contribution >= 0.6 is 11.3 Å². The van der Waals surface area contributed by atoms with Gasteiger partial charge in [0.2, 0.25) is 5.91 Å². The molecule has 1 heterocycles. The Labute approximate surface area is 179 Å². The Hall–Kier alpha value is -2.87. The molecule has 2 unspecified atom stereocenters. The molecule has 0 saturated heterocycles. The normalized spacial score (nSPS) is 18.5. The van der Waals surface area contributed by atoms with Crippen LogP contribution in [0.25, 0.3) is 11.1 Å². The van der Waals surface area contributed by atoms with Crippen molar-refractivity contribution >= 4 is 34.2 Å². The van der Waals surface area contributed by atoms with Gasteiger partial charge in [0, 0.05) is 10.9 Å². The number of ether oxygens (including phenoxy) is 2. The minimum absolute atomic E-state index is 0.202. The molecule has 1 aliphatic carbocycles. The SMILES string of the molecule is CCOC(=O)c1c(-c2ccc(OC)cc2)csc1NC(=O)C1CCCCC1C(=O)O. The molecule has 2 aromatic rings. The van der Waals surface area contributed by atoms with Gasteiger partial charge in [0.05, 0.1) is 25.6 Å². The van der Waals surface area contributed by atoms with Crippen molar-refractivity contribution in [3.05, 3.63) is 35.2 Å². The van der Waals surface area contributed by atoms with Crippen LogP contribution in [0.15, 0.2) is 29.6 Å². The molecule has 0 radical (unpaired) electrons. The van der Waals surface area contributed by atoms with Gasteiger partial charge in [0.15, 0.2) is 0 Å². The van der Waals surface area contributed by atoms with Crippen molar-refractivity contribution in [2.45, 2.75) is 32.6 Å². The third-order valence-corrected chi connectivity index (χ3v) is 6.22. The molecule has 3 rings (SSSR count). The van der Waals surface area contributed by atoms with E-state index in [0.717, 1.165) is 18.4 Å². The molecule has 30 heavy (non-hydrogen) atoms. The highest BCUT2D eigenvalue weighted by Gasteiger charge is 2.36. The first-order valence-electron chi connectivity index (χ1n) is 9.93. The van der Waals surface area contributed by atoms with E-state index in [-0.39, 0.29) is 18.1 Å². The number of hydrogen-bond acceptors (Lipinski definition) is 6. The van der Waals surface area contributed by atoms with Crippen LogP contribution in [0.4, 0.5) is 5.00 Å². The van der Waals surface area contributed by atoms with E-state index in [2.05, 4.69) is 5.32 Å². The number of benzene rings is 1. The molecule has 2 atom stereocenters. The maximum atomic E-state index is 12.9. The summed E-state index contributed by atoms with van der Waals surface area (Å²) in [4.78, 5) is 37.2. The van der Waals surface area contributed by atoms with Crippen LogP contribution in [-0.2, 0) is 14.3 Å². The van der Waals surface area contributed by atoms with Gasteiger partial charge in [-0.3, -0.25) is 9.59 Å². The Morgan fingerprint density at radius 1 is 1.13 bits per heavy atom. The van der Waals surface area contributed by atoms with Crippen molar-refractivity contribution in [2.24, 2.45) is 11.8 Å². The fourth-order valence-electron chi connectivity index (χ4n) is 3.78. The summed E-state index contributed by atoms with van der Waals surface area (Å²) in [5, 5.41) is 14.4. The largest absolute Gasteiger partial charge is 0.497 e. The molecular weight excluding hydrogens is 406 g/mol.